The standard InChI is InChI=1S/C12H10FN3O2.ClH/c13-8-2-1-7-5-16(6-14-9(7)3-8)10-4-11(17)15-12(10)18;/h1-3,6,10H,4-5H2,(H,15,17,18);1H. The number of amides is 2. The molecule has 1 N–H and O–H groups in total. The van der Waals surface area contributed by atoms with Crippen LogP contribution >= 0.6 is 12.4 Å². The van der Waals surface area contributed by atoms with E-state index in [-0.39, 0.29) is 36.5 Å². The largest absolute Gasteiger partial charge is 0.346 e. The van der Waals surface area contributed by atoms with E-state index in [0.717, 1.165) is 5.56 Å². The fourth-order valence-corrected chi connectivity index (χ4v) is 2.16. The minimum Gasteiger partial charge on any atom is -0.346 e. The van der Waals surface area contributed by atoms with Gasteiger partial charge in [-0.15, -0.1) is 12.4 Å². The zero-order chi connectivity index (χ0) is 12.7. The Kier molecular flexibility index (Phi) is 3.53. The van der Waals surface area contributed by atoms with Gasteiger partial charge < -0.3 is 4.90 Å². The second kappa shape index (κ2) is 4.97. The summed E-state index contributed by atoms with van der Waals surface area (Å²) in [6.07, 6.45) is 1.63. The lowest BCUT2D eigenvalue weighted by molar-refractivity contribution is -0.125. The van der Waals surface area contributed by atoms with Crippen LogP contribution in [0.4, 0.5) is 10.1 Å². The van der Waals surface area contributed by atoms with Crippen LogP contribution in [0.15, 0.2) is 23.2 Å². The summed E-state index contributed by atoms with van der Waals surface area (Å²) in [5, 5.41) is 2.26. The SMILES string of the molecule is Cl.O=C1CC(N2C=Nc3cc(F)ccc3C2)C(=O)N1. The van der Waals surface area contributed by atoms with Crippen LogP contribution in [0.5, 0.6) is 0 Å². The fraction of sp³-hybridized carbons (Fsp3) is 0.250. The molecule has 1 atom stereocenters. The van der Waals surface area contributed by atoms with Gasteiger partial charge in [0.2, 0.25) is 11.8 Å². The number of fused-ring (bicyclic) bond motifs is 1. The van der Waals surface area contributed by atoms with E-state index in [9.17, 15) is 14.0 Å². The van der Waals surface area contributed by atoms with Gasteiger partial charge in [-0.25, -0.2) is 9.38 Å². The van der Waals surface area contributed by atoms with Gasteiger partial charge in [0.15, 0.2) is 0 Å². The molecule has 7 heteroatoms. The maximum atomic E-state index is 13.0. The summed E-state index contributed by atoms with van der Waals surface area (Å²) >= 11 is 0. The maximum absolute atomic E-state index is 13.0. The lowest BCUT2D eigenvalue weighted by atomic mass is 10.1. The van der Waals surface area contributed by atoms with Crippen LogP contribution < -0.4 is 5.32 Å². The van der Waals surface area contributed by atoms with Crippen LogP contribution in [-0.2, 0) is 16.1 Å². The molecular formula is C12H11ClFN3O2. The van der Waals surface area contributed by atoms with Gasteiger partial charge in [0.25, 0.3) is 0 Å². The van der Waals surface area contributed by atoms with Crippen molar-refractivity contribution in [2.24, 2.45) is 4.99 Å². The first-order valence-corrected chi connectivity index (χ1v) is 5.55. The maximum Gasteiger partial charge on any atom is 0.249 e. The number of hydrogen-bond acceptors (Lipinski definition) is 4. The first-order valence-electron chi connectivity index (χ1n) is 5.55. The van der Waals surface area contributed by atoms with Crippen LogP contribution in [0.2, 0.25) is 0 Å². The van der Waals surface area contributed by atoms with E-state index in [2.05, 4.69) is 10.3 Å². The molecule has 5 nitrogen and oxygen atoms in total. The Balaban J connectivity index is 0.00000133. The Morgan fingerprint density at radius 1 is 1.37 bits per heavy atom. The number of rotatable bonds is 1. The molecule has 1 saturated heterocycles. The van der Waals surface area contributed by atoms with Crippen LogP contribution in [-0.4, -0.2) is 29.1 Å². The van der Waals surface area contributed by atoms with Crippen molar-refractivity contribution in [3.63, 3.8) is 0 Å². The molecule has 1 unspecified atom stereocenters. The number of hydrogen-bond donors (Lipinski definition) is 1. The summed E-state index contributed by atoms with van der Waals surface area (Å²) in [5.41, 5.74) is 1.40. The van der Waals surface area contributed by atoms with E-state index in [1.165, 1.54) is 18.5 Å². The molecule has 0 aliphatic carbocycles. The van der Waals surface area contributed by atoms with E-state index in [1.807, 2.05) is 0 Å². The van der Waals surface area contributed by atoms with Gasteiger partial charge >= 0.3 is 0 Å². The molecule has 1 aromatic rings. The van der Waals surface area contributed by atoms with Crippen molar-refractivity contribution < 1.29 is 14.0 Å². The van der Waals surface area contributed by atoms with Crippen molar-refractivity contribution in [3.8, 4) is 0 Å². The molecule has 19 heavy (non-hydrogen) atoms. The van der Waals surface area contributed by atoms with Crippen LogP contribution in [0, 0.1) is 5.82 Å². The third kappa shape index (κ3) is 2.44. The molecule has 3 rings (SSSR count). The first kappa shape index (κ1) is 13.5. The van der Waals surface area contributed by atoms with Gasteiger partial charge in [-0.05, 0) is 17.7 Å². The zero-order valence-electron chi connectivity index (χ0n) is 9.80. The third-order valence-corrected chi connectivity index (χ3v) is 3.09. The summed E-state index contributed by atoms with van der Waals surface area (Å²) < 4.78 is 13.0. The van der Waals surface area contributed by atoms with Crippen molar-refractivity contribution in [2.45, 2.75) is 19.0 Å². The second-order valence-electron chi connectivity index (χ2n) is 4.32. The highest BCUT2D eigenvalue weighted by molar-refractivity contribution is 6.06. The average molecular weight is 284 g/mol. The van der Waals surface area contributed by atoms with Gasteiger partial charge in [0.1, 0.15) is 11.9 Å². The fourth-order valence-electron chi connectivity index (χ4n) is 2.16. The number of carbonyl (C=O) groups is 2. The summed E-state index contributed by atoms with van der Waals surface area (Å²) in [5.74, 6) is -0.923. The number of aliphatic imine (C=N–C) groups is 1. The number of benzene rings is 1. The number of imide groups is 1. The van der Waals surface area contributed by atoms with Crippen molar-refractivity contribution in [2.75, 3.05) is 0 Å². The number of carbonyl (C=O) groups excluding carboxylic acids is 2. The van der Waals surface area contributed by atoms with E-state index in [0.29, 0.717) is 12.2 Å². The predicted octanol–water partition coefficient (Wildman–Crippen LogP) is 1.14. The van der Waals surface area contributed by atoms with Crippen LogP contribution in [0.3, 0.4) is 0 Å². The van der Waals surface area contributed by atoms with Gasteiger partial charge in [-0.1, -0.05) is 6.07 Å². The monoisotopic (exact) mass is 283 g/mol. The Hall–Kier alpha value is -1.95. The molecule has 0 bridgehead atoms. The number of halogens is 2. The Labute approximate surface area is 114 Å². The van der Waals surface area contributed by atoms with Crippen molar-refractivity contribution in [1.82, 2.24) is 10.2 Å². The van der Waals surface area contributed by atoms with E-state index in [4.69, 9.17) is 0 Å². The molecule has 0 saturated carbocycles. The lowest BCUT2D eigenvalue weighted by Gasteiger charge is -2.27. The van der Waals surface area contributed by atoms with Crippen LogP contribution in [0.25, 0.3) is 0 Å². The van der Waals surface area contributed by atoms with Crippen molar-refractivity contribution >= 4 is 36.2 Å². The number of nitrogens with one attached hydrogen (secondary N) is 1. The van der Waals surface area contributed by atoms with E-state index in [1.54, 1.807) is 11.0 Å². The minimum absolute atomic E-state index is 0. The summed E-state index contributed by atoms with van der Waals surface area (Å²) in [6, 6.07) is 3.84. The second-order valence-corrected chi connectivity index (χ2v) is 4.32. The third-order valence-electron chi connectivity index (χ3n) is 3.09. The summed E-state index contributed by atoms with van der Waals surface area (Å²) in [6.45, 7) is 0.449. The Morgan fingerprint density at radius 2 is 2.16 bits per heavy atom. The number of nitrogens with zero attached hydrogens (tertiary/aromatic N) is 2. The molecule has 2 aliphatic heterocycles. The van der Waals surface area contributed by atoms with Crippen molar-refractivity contribution in [1.29, 1.82) is 0 Å². The lowest BCUT2D eigenvalue weighted by Crippen LogP contribution is -2.40. The van der Waals surface area contributed by atoms with E-state index >= 15 is 0 Å². The highest BCUT2D eigenvalue weighted by Crippen LogP contribution is 2.27. The first-order chi connectivity index (χ1) is 8.63. The summed E-state index contributed by atoms with van der Waals surface area (Å²) in [4.78, 5) is 28.5. The predicted molar refractivity (Wildman–Crippen MR) is 68.9 cm³/mol. The normalized spacial score (nSPS) is 20.9. The quantitative estimate of drug-likeness (QED) is 0.786. The molecule has 1 fully saturated rings. The molecule has 2 aliphatic rings. The average Bonchev–Trinajstić information content (AvgIpc) is 2.68. The van der Waals surface area contributed by atoms with Gasteiger partial charge in [-0.2, -0.15) is 0 Å². The van der Waals surface area contributed by atoms with Gasteiger partial charge in [-0.3, -0.25) is 14.9 Å². The van der Waals surface area contributed by atoms with E-state index < -0.39 is 6.04 Å². The Morgan fingerprint density at radius 3 is 2.84 bits per heavy atom. The molecule has 100 valence electrons. The molecule has 0 aromatic heterocycles. The van der Waals surface area contributed by atoms with Gasteiger partial charge in [0, 0.05) is 6.54 Å². The Bertz CT molecular complexity index is 576. The van der Waals surface area contributed by atoms with Crippen molar-refractivity contribution in [3.05, 3.63) is 29.6 Å². The molecule has 2 amide bonds. The topological polar surface area (TPSA) is 61.8 Å². The highest BCUT2D eigenvalue weighted by atomic mass is 35.5. The van der Waals surface area contributed by atoms with Crippen LogP contribution in [0.1, 0.15) is 12.0 Å². The smallest absolute Gasteiger partial charge is 0.249 e. The molecule has 1 aromatic carbocycles. The van der Waals surface area contributed by atoms with Gasteiger partial charge in [0.05, 0.1) is 18.4 Å². The zero-order valence-corrected chi connectivity index (χ0v) is 10.6. The molecular weight excluding hydrogens is 273 g/mol. The molecule has 0 radical (unpaired) electrons. The molecule has 2 heterocycles. The molecule has 0 spiro atoms. The summed E-state index contributed by atoms with van der Waals surface area (Å²) in [7, 11) is 0. The highest BCUT2D eigenvalue weighted by Gasteiger charge is 2.35. The minimum atomic E-state index is -0.514.